The Morgan fingerprint density at radius 2 is 2.28 bits per heavy atom. The molecule has 0 amide bonds. The number of halogens is 1. The van der Waals surface area contributed by atoms with Gasteiger partial charge in [-0.15, -0.1) is 0 Å². The first kappa shape index (κ1) is 13.7. The van der Waals surface area contributed by atoms with Crippen molar-refractivity contribution in [2.75, 3.05) is 32.0 Å². The maximum Gasteiger partial charge on any atom is 0.134 e. The molecule has 0 aromatic carbocycles. The summed E-state index contributed by atoms with van der Waals surface area (Å²) in [5, 5.41) is 3.44. The van der Waals surface area contributed by atoms with E-state index in [0.717, 1.165) is 28.7 Å². The molecule has 1 saturated heterocycles. The minimum atomic E-state index is 0.348. The molecule has 5 heteroatoms. The van der Waals surface area contributed by atoms with Gasteiger partial charge < -0.3 is 10.2 Å². The number of hydrogen-bond donors (Lipinski definition) is 1. The van der Waals surface area contributed by atoms with Crippen molar-refractivity contribution >= 4 is 21.7 Å². The number of anilines is 1. The van der Waals surface area contributed by atoms with Crippen LogP contribution in [0, 0.1) is 5.92 Å². The predicted molar refractivity (Wildman–Crippen MR) is 77.9 cm³/mol. The molecule has 1 unspecified atom stereocenters. The highest BCUT2D eigenvalue weighted by atomic mass is 79.9. The quantitative estimate of drug-likeness (QED) is 0.868. The van der Waals surface area contributed by atoms with Crippen LogP contribution in [0.15, 0.2) is 10.7 Å². The molecular weight excluding hydrogens is 292 g/mol. The number of rotatable bonds is 4. The maximum atomic E-state index is 4.55. The normalized spacial score (nSPS) is 20.6. The van der Waals surface area contributed by atoms with Gasteiger partial charge in [0, 0.05) is 25.1 Å². The Bertz CT molecular complexity index is 408. The molecule has 1 atom stereocenters. The van der Waals surface area contributed by atoms with Crippen molar-refractivity contribution in [3.63, 3.8) is 0 Å². The lowest BCUT2D eigenvalue weighted by atomic mass is 10.1. The van der Waals surface area contributed by atoms with E-state index in [-0.39, 0.29) is 0 Å². The average molecular weight is 313 g/mol. The van der Waals surface area contributed by atoms with Crippen LogP contribution in [-0.2, 0) is 0 Å². The molecule has 18 heavy (non-hydrogen) atoms. The monoisotopic (exact) mass is 312 g/mol. The van der Waals surface area contributed by atoms with Gasteiger partial charge in [0.2, 0.25) is 0 Å². The van der Waals surface area contributed by atoms with Gasteiger partial charge in [0.1, 0.15) is 16.2 Å². The molecule has 1 aromatic heterocycles. The molecular formula is C13H21BrN4. The second-order valence-electron chi connectivity index (χ2n) is 5.39. The molecule has 0 spiro atoms. The van der Waals surface area contributed by atoms with Crippen molar-refractivity contribution in [1.29, 1.82) is 0 Å². The van der Waals surface area contributed by atoms with E-state index in [9.17, 15) is 0 Å². The van der Waals surface area contributed by atoms with E-state index in [2.05, 4.69) is 57.0 Å². The second-order valence-corrected chi connectivity index (χ2v) is 6.20. The molecule has 0 bridgehead atoms. The third-order valence-electron chi connectivity index (χ3n) is 3.29. The smallest absolute Gasteiger partial charge is 0.134 e. The van der Waals surface area contributed by atoms with Crippen molar-refractivity contribution in [3.05, 3.63) is 16.5 Å². The topological polar surface area (TPSA) is 41.1 Å². The highest BCUT2D eigenvalue weighted by molar-refractivity contribution is 9.10. The van der Waals surface area contributed by atoms with E-state index in [1.807, 2.05) is 6.07 Å². The standard InChI is InChI=1S/C13H21BrN4/c1-9(2)13-16-11(14)6-12(17-13)15-7-10-4-5-18(3)8-10/h6,9-10H,4-5,7-8H2,1-3H3,(H,15,16,17). The summed E-state index contributed by atoms with van der Waals surface area (Å²) in [6, 6.07) is 1.95. The van der Waals surface area contributed by atoms with E-state index in [0.29, 0.717) is 5.92 Å². The van der Waals surface area contributed by atoms with Gasteiger partial charge in [0.05, 0.1) is 0 Å². The van der Waals surface area contributed by atoms with Gasteiger partial charge in [-0.3, -0.25) is 0 Å². The molecule has 1 aliphatic heterocycles. The van der Waals surface area contributed by atoms with Crippen LogP contribution in [-0.4, -0.2) is 41.5 Å². The summed E-state index contributed by atoms with van der Waals surface area (Å²) < 4.78 is 0.854. The first-order valence-corrected chi connectivity index (χ1v) is 7.31. The molecule has 4 nitrogen and oxygen atoms in total. The molecule has 100 valence electrons. The van der Waals surface area contributed by atoms with E-state index in [1.165, 1.54) is 19.5 Å². The highest BCUT2D eigenvalue weighted by Crippen LogP contribution is 2.19. The molecule has 1 aliphatic rings. The summed E-state index contributed by atoms with van der Waals surface area (Å²) in [6.45, 7) is 7.59. The predicted octanol–water partition coefficient (Wildman–Crippen LogP) is 2.73. The lowest BCUT2D eigenvalue weighted by Crippen LogP contribution is -2.19. The molecule has 1 aromatic rings. The first-order valence-electron chi connectivity index (χ1n) is 6.51. The Morgan fingerprint density at radius 3 is 2.89 bits per heavy atom. The van der Waals surface area contributed by atoms with Gasteiger partial charge in [-0.2, -0.15) is 0 Å². The van der Waals surface area contributed by atoms with Crippen LogP contribution in [0.2, 0.25) is 0 Å². The van der Waals surface area contributed by atoms with Crippen molar-refractivity contribution in [3.8, 4) is 0 Å². The van der Waals surface area contributed by atoms with Crippen LogP contribution in [0.3, 0.4) is 0 Å². The molecule has 1 fully saturated rings. The van der Waals surface area contributed by atoms with Crippen molar-refractivity contribution in [1.82, 2.24) is 14.9 Å². The number of aromatic nitrogens is 2. The fraction of sp³-hybridized carbons (Fsp3) is 0.692. The summed E-state index contributed by atoms with van der Waals surface area (Å²) in [5.41, 5.74) is 0. The fourth-order valence-electron chi connectivity index (χ4n) is 2.23. The Kier molecular flexibility index (Phi) is 4.56. The third kappa shape index (κ3) is 3.65. The van der Waals surface area contributed by atoms with E-state index >= 15 is 0 Å². The maximum absolute atomic E-state index is 4.55. The zero-order chi connectivity index (χ0) is 13.1. The van der Waals surface area contributed by atoms with Gasteiger partial charge in [0.25, 0.3) is 0 Å². The Hall–Kier alpha value is -0.680. The Morgan fingerprint density at radius 1 is 1.50 bits per heavy atom. The van der Waals surface area contributed by atoms with Crippen LogP contribution in [0.25, 0.3) is 0 Å². The summed E-state index contributed by atoms with van der Waals surface area (Å²) in [6.07, 6.45) is 1.27. The lowest BCUT2D eigenvalue weighted by molar-refractivity contribution is 0.399. The minimum absolute atomic E-state index is 0.348. The minimum Gasteiger partial charge on any atom is -0.370 e. The van der Waals surface area contributed by atoms with Crippen LogP contribution < -0.4 is 5.32 Å². The number of hydrogen-bond acceptors (Lipinski definition) is 4. The zero-order valence-corrected chi connectivity index (χ0v) is 12.9. The van der Waals surface area contributed by atoms with E-state index in [4.69, 9.17) is 0 Å². The largest absolute Gasteiger partial charge is 0.370 e. The molecule has 1 N–H and O–H groups in total. The molecule has 0 radical (unpaired) electrons. The van der Waals surface area contributed by atoms with Gasteiger partial charge in [0.15, 0.2) is 0 Å². The van der Waals surface area contributed by atoms with Crippen LogP contribution >= 0.6 is 15.9 Å². The molecule has 2 rings (SSSR count). The summed E-state index contributed by atoms with van der Waals surface area (Å²) in [4.78, 5) is 11.3. The summed E-state index contributed by atoms with van der Waals surface area (Å²) >= 11 is 3.45. The van der Waals surface area contributed by atoms with Crippen LogP contribution in [0.1, 0.15) is 32.0 Å². The van der Waals surface area contributed by atoms with Gasteiger partial charge in [-0.1, -0.05) is 13.8 Å². The van der Waals surface area contributed by atoms with Crippen molar-refractivity contribution < 1.29 is 0 Å². The van der Waals surface area contributed by atoms with E-state index in [1.54, 1.807) is 0 Å². The number of nitrogens with zero attached hydrogens (tertiary/aromatic N) is 3. The summed E-state index contributed by atoms with van der Waals surface area (Å²) in [7, 11) is 2.18. The molecule has 0 saturated carbocycles. The van der Waals surface area contributed by atoms with Gasteiger partial charge in [-0.25, -0.2) is 9.97 Å². The first-order chi connectivity index (χ1) is 8.54. The van der Waals surface area contributed by atoms with Crippen LogP contribution in [0.5, 0.6) is 0 Å². The van der Waals surface area contributed by atoms with Crippen molar-refractivity contribution in [2.24, 2.45) is 5.92 Å². The highest BCUT2D eigenvalue weighted by Gasteiger charge is 2.19. The number of likely N-dealkylation sites (tertiary alicyclic amines) is 1. The van der Waals surface area contributed by atoms with Crippen LogP contribution in [0.4, 0.5) is 5.82 Å². The fourth-order valence-corrected chi connectivity index (χ4v) is 2.62. The number of nitrogens with one attached hydrogen (secondary N) is 1. The van der Waals surface area contributed by atoms with Gasteiger partial charge in [-0.05, 0) is 41.9 Å². The SMILES string of the molecule is CC(C)c1nc(Br)cc(NCC2CCN(C)C2)n1. The molecule has 0 aliphatic carbocycles. The average Bonchev–Trinajstić information content (AvgIpc) is 2.72. The second kappa shape index (κ2) is 5.97. The zero-order valence-electron chi connectivity index (χ0n) is 11.3. The Labute approximate surface area is 117 Å². The van der Waals surface area contributed by atoms with Crippen molar-refractivity contribution in [2.45, 2.75) is 26.2 Å². The van der Waals surface area contributed by atoms with Gasteiger partial charge >= 0.3 is 0 Å². The summed E-state index contributed by atoms with van der Waals surface area (Å²) in [5.74, 6) is 2.89. The molecule has 2 heterocycles. The van der Waals surface area contributed by atoms with E-state index < -0.39 is 0 Å². The third-order valence-corrected chi connectivity index (χ3v) is 3.70. The lowest BCUT2D eigenvalue weighted by Gasteiger charge is -2.13. The Balaban J connectivity index is 1.96.